The SMILES string of the molecule is CC(N[S@](=O)C(C)(C)C)c1cc(F)cc2c1O[C@@](C)(CN=[N+]=[N-])C2. The highest BCUT2D eigenvalue weighted by atomic mass is 32.2. The Labute approximate surface area is 144 Å². The van der Waals surface area contributed by atoms with Gasteiger partial charge in [0.05, 0.1) is 22.3 Å². The zero-order valence-electron chi connectivity index (χ0n) is 14.6. The van der Waals surface area contributed by atoms with E-state index in [4.69, 9.17) is 10.3 Å². The molecule has 0 bridgehead atoms. The van der Waals surface area contributed by atoms with Crippen LogP contribution in [-0.2, 0) is 17.4 Å². The standard InChI is InChI=1S/C16H23FN4O2S/c1-10(20-24(22)15(2,3)4)13-7-12(17)6-11-8-16(5,9-19-21-18)23-14(11)13/h6-7,10,20H,8-9H2,1-5H3/t10?,16-,24-/m1/s1. The Morgan fingerprint density at radius 2 is 2.21 bits per heavy atom. The van der Waals surface area contributed by atoms with E-state index in [1.54, 1.807) is 0 Å². The van der Waals surface area contributed by atoms with Gasteiger partial charge in [0.25, 0.3) is 0 Å². The van der Waals surface area contributed by atoms with E-state index in [1.807, 2.05) is 34.6 Å². The Bertz CT molecular complexity index is 713. The van der Waals surface area contributed by atoms with Gasteiger partial charge in [0, 0.05) is 28.5 Å². The molecule has 1 N–H and O–H groups in total. The van der Waals surface area contributed by atoms with Gasteiger partial charge in [-0.2, -0.15) is 0 Å². The molecule has 0 aliphatic carbocycles. The number of nitrogens with one attached hydrogen (secondary N) is 1. The van der Waals surface area contributed by atoms with Crippen LogP contribution in [0.15, 0.2) is 17.2 Å². The number of nitrogens with zero attached hydrogens (tertiary/aromatic N) is 3. The molecule has 0 spiro atoms. The van der Waals surface area contributed by atoms with Crippen molar-refractivity contribution in [2.45, 2.75) is 57.4 Å². The number of ether oxygens (including phenoxy) is 1. The van der Waals surface area contributed by atoms with Gasteiger partial charge in [-0.3, -0.25) is 0 Å². The molecule has 1 aliphatic heterocycles. The summed E-state index contributed by atoms with van der Waals surface area (Å²) in [5.74, 6) is 0.216. The van der Waals surface area contributed by atoms with Crippen molar-refractivity contribution in [1.82, 2.24) is 4.72 Å². The summed E-state index contributed by atoms with van der Waals surface area (Å²) in [4.78, 5) is 2.77. The molecule has 1 aliphatic rings. The zero-order valence-corrected chi connectivity index (χ0v) is 15.4. The molecule has 6 nitrogen and oxygen atoms in total. The minimum atomic E-state index is -1.29. The Morgan fingerprint density at radius 3 is 2.79 bits per heavy atom. The molecule has 1 heterocycles. The first-order chi connectivity index (χ1) is 11.1. The van der Waals surface area contributed by atoms with E-state index in [0.717, 1.165) is 5.56 Å². The normalized spacial score (nSPS) is 22.2. The summed E-state index contributed by atoms with van der Waals surface area (Å²) in [6.45, 7) is 9.42. The number of hydrogen-bond donors (Lipinski definition) is 1. The lowest BCUT2D eigenvalue weighted by atomic mass is 9.97. The Balaban J connectivity index is 2.31. The quantitative estimate of drug-likeness (QED) is 0.493. The van der Waals surface area contributed by atoms with Gasteiger partial charge in [-0.25, -0.2) is 13.3 Å². The number of benzene rings is 1. The van der Waals surface area contributed by atoms with Gasteiger partial charge in [-0.05, 0) is 52.3 Å². The molecule has 1 aromatic carbocycles. The fourth-order valence-electron chi connectivity index (χ4n) is 2.61. The summed E-state index contributed by atoms with van der Waals surface area (Å²) in [6, 6.07) is 2.49. The third-order valence-corrected chi connectivity index (χ3v) is 5.53. The highest BCUT2D eigenvalue weighted by Crippen LogP contribution is 2.41. The number of azide groups is 1. The average Bonchev–Trinajstić information content (AvgIpc) is 2.79. The zero-order chi connectivity index (χ0) is 18.1. The number of halogens is 1. The minimum absolute atomic E-state index is 0.162. The maximum absolute atomic E-state index is 14.0. The maximum atomic E-state index is 14.0. The van der Waals surface area contributed by atoms with Gasteiger partial charge in [0.1, 0.15) is 17.2 Å². The van der Waals surface area contributed by atoms with Crippen LogP contribution >= 0.6 is 0 Å². The molecule has 8 heteroatoms. The van der Waals surface area contributed by atoms with Crippen LogP contribution in [0.2, 0.25) is 0 Å². The van der Waals surface area contributed by atoms with Crippen LogP contribution < -0.4 is 9.46 Å². The smallest absolute Gasteiger partial charge is 0.128 e. The van der Waals surface area contributed by atoms with Crippen molar-refractivity contribution in [2.24, 2.45) is 5.11 Å². The Kier molecular flexibility index (Phi) is 5.22. The molecular weight excluding hydrogens is 331 g/mol. The molecule has 132 valence electrons. The largest absolute Gasteiger partial charge is 0.486 e. The third kappa shape index (κ3) is 4.06. The van der Waals surface area contributed by atoms with Crippen molar-refractivity contribution >= 4 is 11.0 Å². The molecule has 3 atom stereocenters. The average molecular weight is 354 g/mol. The maximum Gasteiger partial charge on any atom is 0.128 e. The lowest BCUT2D eigenvalue weighted by molar-refractivity contribution is 0.124. The van der Waals surface area contributed by atoms with Gasteiger partial charge >= 0.3 is 0 Å². The molecular formula is C16H23FN4O2S. The van der Waals surface area contributed by atoms with E-state index >= 15 is 0 Å². The lowest BCUT2D eigenvalue weighted by Gasteiger charge is -2.25. The molecule has 0 saturated heterocycles. The first-order valence-electron chi connectivity index (χ1n) is 7.76. The second kappa shape index (κ2) is 6.70. The number of rotatable bonds is 5. The third-order valence-electron chi connectivity index (χ3n) is 3.85. The van der Waals surface area contributed by atoms with Crippen LogP contribution in [0.5, 0.6) is 5.75 Å². The van der Waals surface area contributed by atoms with Crippen LogP contribution in [0.4, 0.5) is 4.39 Å². The van der Waals surface area contributed by atoms with E-state index < -0.39 is 21.3 Å². The van der Waals surface area contributed by atoms with Crippen LogP contribution in [-0.4, -0.2) is 21.1 Å². The van der Waals surface area contributed by atoms with Gasteiger partial charge in [0.15, 0.2) is 0 Å². The summed E-state index contributed by atoms with van der Waals surface area (Å²) < 4.78 is 34.9. The van der Waals surface area contributed by atoms with Crippen LogP contribution in [0.25, 0.3) is 10.4 Å². The highest BCUT2D eigenvalue weighted by molar-refractivity contribution is 7.84. The van der Waals surface area contributed by atoms with Crippen molar-refractivity contribution in [3.8, 4) is 5.75 Å². The predicted octanol–water partition coefficient (Wildman–Crippen LogP) is 3.94. The minimum Gasteiger partial charge on any atom is -0.486 e. The van der Waals surface area contributed by atoms with Gasteiger partial charge in [0.2, 0.25) is 0 Å². The molecule has 0 fully saturated rings. The first-order valence-corrected chi connectivity index (χ1v) is 8.91. The summed E-state index contributed by atoms with van der Waals surface area (Å²) in [6.07, 6.45) is 0.460. The first kappa shape index (κ1) is 18.7. The van der Waals surface area contributed by atoms with Gasteiger partial charge in [-0.15, -0.1) is 0 Å². The highest BCUT2D eigenvalue weighted by Gasteiger charge is 2.37. The second-order valence-corrected chi connectivity index (χ2v) is 9.32. The molecule has 0 radical (unpaired) electrons. The van der Waals surface area contributed by atoms with E-state index in [9.17, 15) is 8.60 Å². The van der Waals surface area contributed by atoms with E-state index in [1.165, 1.54) is 12.1 Å². The molecule has 1 aromatic rings. The number of fused-ring (bicyclic) bond motifs is 1. The summed E-state index contributed by atoms with van der Waals surface area (Å²) >= 11 is 0. The van der Waals surface area contributed by atoms with E-state index in [2.05, 4.69) is 14.7 Å². The van der Waals surface area contributed by atoms with Gasteiger partial charge in [-0.1, -0.05) is 5.11 Å². The van der Waals surface area contributed by atoms with Crippen molar-refractivity contribution in [1.29, 1.82) is 0 Å². The van der Waals surface area contributed by atoms with Crippen molar-refractivity contribution in [3.05, 3.63) is 39.5 Å². The Morgan fingerprint density at radius 1 is 1.54 bits per heavy atom. The van der Waals surface area contributed by atoms with Crippen LogP contribution in [0.3, 0.4) is 0 Å². The monoisotopic (exact) mass is 354 g/mol. The molecule has 0 aromatic heterocycles. The van der Waals surface area contributed by atoms with Crippen LogP contribution in [0.1, 0.15) is 51.8 Å². The summed E-state index contributed by atoms with van der Waals surface area (Å²) in [5.41, 5.74) is 9.17. The lowest BCUT2D eigenvalue weighted by Crippen LogP contribution is -2.35. The van der Waals surface area contributed by atoms with E-state index in [0.29, 0.717) is 17.7 Å². The topological polar surface area (TPSA) is 87.1 Å². The van der Waals surface area contributed by atoms with Gasteiger partial charge < -0.3 is 4.74 Å². The van der Waals surface area contributed by atoms with Crippen molar-refractivity contribution in [3.63, 3.8) is 0 Å². The van der Waals surface area contributed by atoms with Crippen molar-refractivity contribution < 1.29 is 13.3 Å². The van der Waals surface area contributed by atoms with E-state index in [-0.39, 0.29) is 18.4 Å². The molecule has 2 rings (SSSR count). The van der Waals surface area contributed by atoms with Crippen molar-refractivity contribution in [2.75, 3.05) is 6.54 Å². The molecule has 0 saturated carbocycles. The fourth-order valence-corrected chi connectivity index (χ4v) is 3.41. The fraction of sp³-hybridized carbons (Fsp3) is 0.625. The number of hydrogen-bond acceptors (Lipinski definition) is 3. The second-order valence-electron chi connectivity index (χ2n) is 7.32. The Hall–Kier alpha value is -1.63. The summed E-state index contributed by atoms with van der Waals surface area (Å²) in [5, 5.41) is 3.58. The molecule has 1 unspecified atom stereocenters. The summed E-state index contributed by atoms with van der Waals surface area (Å²) in [7, 11) is -1.29. The molecule has 24 heavy (non-hydrogen) atoms. The predicted molar refractivity (Wildman–Crippen MR) is 92.6 cm³/mol. The molecule has 0 amide bonds. The van der Waals surface area contributed by atoms with Crippen LogP contribution in [0, 0.1) is 5.82 Å².